The third-order valence-corrected chi connectivity index (χ3v) is 4.26. The second kappa shape index (κ2) is 7.36. The summed E-state index contributed by atoms with van der Waals surface area (Å²) in [7, 11) is 2.06. The number of hydrogen-bond acceptors (Lipinski definition) is 4. The fourth-order valence-corrected chi connectivity index (χ4v) is 3.00. The van der Waals surface area contributed by atoms with Crippen LogP contribution in [0.2, 0.25) is 0 Å². The van der Waals surface area contributed by atoms with Crippen molar-refractivity contribution in [1.82, 2.24) is 15.5 Å². The Morgan fingerprint density at radius 2 is 2.00 bits per heavy atom. The van der Waals surface area contributed by atoms with E-state index in [0.29, 0.717) is 5.92 Å². The summed E-state index contributed by atoms with van der Waals surface area (Å²) in [4.78, 5) is 2.13. The van der Waals surface area contributed by atoms with Gasteiger partial charge in [0.25, 0.3) is 0 Å². The second-order valence-electron chi connectivity index (χ2n) is 6.14. The van der Waals surface area contributed by atoms with Gasteiger partial charge in [0.1, 0.15) is 0 Å². The van der Waals surface area contributed by atoms with Gasteiger partial charge in [-0.1, -0.05) is 30.3 Å². The highest BCUT2D eigenvalue weighted by Crippen LogP contribution is 2.17. The molecule has 0 saturated carbocycles. The normalized spacial score (nSPS) is 18.1. The Labute approximate surface area is 132 Å². The molecule has 0 aliphatic carbocycles. The first-order valence-corrected chi connectivity index (χ1v) is 8.09. The van der Waals surface area contributed by atoms with Crippen molar-refractivity contribution < 1.29 is 0 Å². The number of nitrogens with one attached hydrogen (secondary N) is 1. The first-order valence-electron chi connectivity index (χ1n) is 8.09. The summed E-state index contributed by atoms with van der Waals surface area (Å²) in [5, 5.41) is 12.3. The van der Waals surface area contributed by atoms with Crippen molar-refractivity contribution in [3.63, 3.8) is 0 Å². The standard InChI is InChI=1S/C18H24N4/c1-22(14-15-6-3-2-4-7-15)18-10-9-17(20-21-18)12-16-8-5-11-19-13-16/h2-4,6-7,9-10,16,19H,5,8,11-14H2,1H3. The Balaban J connectivity index is 1.58. The highest BCUT2D eigenvalue weighted by atomic mass is 15.2. The summed E-state index contributed by atoms with van der Waals surface area (Å²) in [6, 6.07) is 14.6. The minimum atomic E-state index is 0.705. The Morgan fingerprint density at radius 3 is 2.68 bits per heavy atom. The van der Waals surface area contributed by atoms with Gasteiger partial charge in [-0.15, -0.1) is 5.10 Å². The molecule has 1 aromatic carbocycles. The van der Waals surface area contributed by atoms with Crippen molar-refractivity contribution in [2.45, 2.75) is 25.8 Å². The number of anilines is 1. The number of piperidine rings is 1. The maximum Gasteiger partial charge on any atom is 0.151 e. The van der Waals surface area contributed by atoms with Gasteiger partial charge in [-0.2, -0.15) is 5.10 Å². The van der Waals surface area contributed by atoms with Crippen LogP contribution in [0, 0.1) is 5.92 Å². The molecule has 4 heteroatoms. The van der Waals surface area contributed by atoms with Crippen molar-refractivity contribution in [2.24, 2.45) is 5.92 Å². The summed E-state index contributed by atoms with van der Waals surface area (Å²) in [5.74, 6) is 1.63. The molecule has 4 nitrogen and oxygen atoms in total. The van der Waals surface area contributed by atoms with Crippen molar-refractivity contribution in [3.8, 4) is 0 Å². The predicted molar refractivity (Wildman–Crippen MR) is 89.9 cm³/mol. The zero-order chi connectivity index (χ0) is 15.2. The van der Waals surface area contributed by atoms with E-state index in [1.807, 2.05) is 6.07 Å². The molecule has 116 valence electrons. The number of nitrogens with zero attached hydrogens (tertiary/aromatic N) is 3. The highest BCUT2D eigenvalue weighted by molar-refractivity contribution is 5.37. The van der Waals surface area contributed by atoms with E-state index in [4.69, 9.17) is 0 Å². The molecule has 0 radical (unpaired) electrons. The summed E-state index contributed by atoms with van der Waals surface area (Å²) < 4.78 is 0. The Kier molecular flexibility index (Phi) is 5.01. The van der Waals surface area contributed by atoms with Crippen LogP contribution in [-0.2, 0) is 13.0 Å². The van der Waals surface area contributed by atoms with Crippen LogP contribution in [0.4, 0.5) is 5.82 Å². The topological polar surface area (TPSA) is 41.0 Å². The molecule has 1 aliphatic heterocycles. The van der Waals surface area contributed by atoms with Gasteiger partial charge in [0.2, 0.25) is 0 Å². The summed E-state index contributed by atoms with van der Waals surface area (Å²) in [5.41, 5.74) is 2.38. The minimum absolute atomic E-state index is 0.705. The van der Waals surface area contributed by atoms with Gasteiger partial charge in [-0.05, 0) is 56.0 Å². The van der Waals surface area contributed by atoms with Gasteiger partial charge < -0.3 is 10.2 Å². The van der Waals surface area contributed by atoms with Crippen molar-refractivity contribution in [1.29, 1.82) is 0 Å². The molecule has 0 amide bonds. The lowest BCUT2D eigenvalue weighted by Crippen LogP contribution is -2.31. The number of hydrogen-bond donors (Lipinski definition) is 1. The van der Waals surface area contributed by atoms with E-state index < -0.39 is 0 Å². The molecule has 2 aromatic rings. The summed E-state index contributed by atoms with van der Waals surface area (Å²) >= 11 is 0. The molecule has 0 bridgehead atoms. The average Bonchev–Trinajstić information content (AvgIpc) is 2.57. The molecule has 22 heavy (non-hydrogen) atoms. The molecule has 1 N–H and O–H groups in total. The molecule has 2 heterocycles. The zero-order valence-electron chi connectivity index (χ0n) is 13.2. The van der Waals surface area contributed by atoms with Gasteiger partial charge in [0.15, 0.2) is 5.82 Å². The first-order chi connectivity index (χ1) is 10.8. The van der Waals surface area contributed by atoms with Gasteiger partial charge >= 0.3 is 0 Å². The van der Waals surface area contributed by atoms with E-state index in [2.05, 4.69) is 63.9 Å². The lowest BCUT2D eigenvalue weighted by atomic mass is 9.95. The molecule has 3 rings (SSSR count). The summed E-state index contributed by atoms with van der Waals surface area (Å²) in [6.45, 7) is 3.12. The molecule has 1 atom stereocenters. The van der Waals surface area contributed by atoms with E-state index in [0.717, 1.165) is 37.6 Å². The third kappa shape index (κ3) is 4.04. The van der Waals surface area contributed by atoms with Crippen molar-refractivity contribution in [2.75, 3.05) is 25.0 Å². The fraction of sp³-hybridized carbons (Fsp3) is 0.444. The number of aromatic nitrogens is 2. The molecule has 1 unspecified atom stereocenters. The van der Waals surface area contributed by atoms with Crippen LogP contribution >= 0.6 is 0 Å². The zero-order valence-corrected chi connectivity index (χ0v) is 13.2. The number of rotatable bonds is 5. The Bertz CT molecular complexity index is 561. The lowest BCUT2D eigenvalue weighted by molar-refractivity contribution is 0.372. The van der Waals surface area contributed by atoms with Crippen molar-refractivity contribution in [3.05, 3.63) is 53.7 Å². The fourth-order valence-electron chi connectivity index (χ4n) is 3.00. The van der Waals surface area contributed by atoms with Crippen LogP contribution in [0.25, 0.3) is 0 Å². The third-order valence-electron chi connectivity index (χ3n) is 4.26. The van der Waals surface area contributed by atoms with Crippen molar-refractivity contribution >= 4 is 5.82 Å². The minimum Gasteiger partial charge on any atom is -0.354 e. The Morgan fingerprint density at radius 1 is 1.14 bits per heavy atom. The highest BCUT2D eigenvalue weighted by Gasteiger charge is 2.14. The van der Waals surface area contributed by atoms with E-state index in [1.54, 1.807) is 0 Å². The van der Waals surface area contributed by atoms with E-state index in [1.165, 1.54) is 18.4 Å². The van der Waals surface area contributed by atoms with Gasteiger partial charge in [-0.3, -0.25) is 0 Å². The van der Waals surface area contributed by atoms with Crippen LogP contribution in [0.15, 0.2) is 42.5 Å². The summed E-state index contributed by atoms with van der Waals surface area (Å²) in [6.07, 6.45) is 3.60. The van der Waals surface area contributed by atoms with Crippen LogP contribution in [0.1, 0.15) is 24.1 Å². The van der Waals surface area contributed by atoms with Crippen LogP contribution < -0.4 is 10.2 Å². The molecule has 1 saturated heterocycles. The van der Waals surface area contributed by atoms with Gasteiger partial charge in [0, 0.05) is 13.6 Å². The SMILES string of the molecule is CN(Cc1ccccc1)c1ccc(CC2CCCNC2)nn1. The quantitative estimate of drug-likeness (QED) is 0.921. The Hall–Kier alpha value is -1.94. The molecular weight excluding hydrogens is 272 g/mol. The largest absolute Gasteiger partial charge is 0.354 e. The smallest absolute Gasteiger partial charge is 0.151 e. The second-order valence-corrected chi connectivity index (χ2v) is 6.14. The van der Waals surface area contributed by atoms with Gasteiger partial charge in [0.05, 0.1) is 5.69 Å². The maximum atomic E-state index is 4.42. The molecule has 1 fully saturated rings. The van der Waals surface area contributed by atoms with Crippen LogP contribution in [0.5, 0.6) is 0 Å². The average molecular weight is 296 g/mol. The predicted octanol–water partition coefficient (Wildman–Crippen LogP) is 2.66. The molecule has 1 aliphatic rings. The monoisotopic (exact) mass is 296 g/mol. The van der Waals surface area contributed by atoms with E-state index in [-0.39, 0.29) is 0 Å². The maximum absolute atomic E-state index is 4.42. The van der Waals surface area contributed by atoms with Crippen LogP contribution in [0.3, 0.4) is 0 Å². The van der Waals surface area contributed by atoms with Crippen LogP contribution in [-0.4, -0.2) is 30.3 Å². The lowest BCUT2D eigenvalue weighted by Gasteiger charge is -2.22. The van der Waals surface area contributed by atoms with E-state index in [9.17, 15) is 0 Å². The number of benzene rings is 1. The molecule has 0 spiro atoms. The van der Waals surface area contributed by atoms with E-state index >= 15 is 0 Å². The first kappa shape index (κ1) is 15.0. The molecular formula is C18H24N4. The molecule has 1 aromatic heterocycles. The van der Waals surface area contributed by atoms with Gasteiger partial charge in [-0.25, -0.2) is 0 Å².